The third-order valence-electron chi connectivity index (χ3n) is 2.49. The van der Waals surface area contributed by atoms with Crippen molar-refractivity contribution in [2.24, 2.45) is 0 Å². The SMILES string of the molecule is CC(Cc1ccsc1)NS(=O)(=O)c1ccnc(Cl)c1. The van der Waals surface area contributed by atoms with Gasteiger partial charge in [0, 0.05) is 12.2 Å². The highest BCUT2D eigenvalue weighted by atomic mass is 35.5. The third kappa shape index (κ3) is 4.01. The van der Waals surface area contributed by atoms with Crippen molar-refractivity contribution in [3.63, 3.8) is 0 Å². The van der Waals surface area contributed by atoms with E-state index < -0.39 is 10.0 Å². The second-order valence-electron chi connectivity index (χ2n) is 4.17. The molecule has 19 heavy (non-hydrogen) atoms. The summed E-state index contributed by atoms with van der Waals surface area (Å²) in [7, 11) is -3.56. The quantitative estimate of drug-likeness (QED) is 0.863. The second kappa shape index (κ2) is 6.00. The Morgan fingerprint density at radius 3 is 2.89 bits per heavy atom. The van der Waals surface area contributed by atoms with Crippen LogP contribution in [0.15, 0.2) is 40.1 Å². The number of rotatable bonds is 5. The van der Waals surface area contributed by atoms with Gasteiger partial charge in [-0.25, -0.2) is 18.1 Å². The van der Waals surface area contributed by atoms with E-state index in [1.807, 2.05) is 23.8 Å². The molecule has 0 spiro atoms. The number of hydrogen-bond acceptors (Lipinski definition) is 4. The van der Waals surface area contributed by atoms with Gasteiger partial charge >= 0.3 is 0 Å². The number of aromatic nitrogens is 1. The van der Waals surface area contributed by atoms with Gasteiger partial charge in [-0.15, -0.1) is 0 Å². The van der Waals surface area contributed by atoms with Crippen LogP contribution in [0.1, 0.15) is 12.5 Å². The molecule has 2 aromatic heterocycles. The summed E-state index contributed by atoms with van der Waals surface area (Å²) in [4.78, 5) is 3.90. The van der Waals surface area contributed by atoms with Crippen LogP contribution in [0.2, 0.25) is 5.15 Å². The van der Waals surface area contributed by atoms with Gasteiger partial charge in [-0.2, -0.15) is 11.3 Å². The van der Waals surface area contributed by atoms with Crippen molar-refractivity contribution < 1.29 is 8.42 Å². The lowest BCUT2D eigenvalue weighted by Gasteiger charge is -2.13. The zero-order valence-corrected chi connectivity index (χ0v) is 12.6. The lowest BCUT2D eigenvalue weighted by molar-refractivity contribution is 0.560. The molecule has 0 aliphatic rings. The molecule has 4 nitrogen and oxygen atoms in total. The molecule has 0 saturated carbocycles. The van der Waals surface area contributed by atoms with Crippen LogP contribution in [0.3, 0.4) is 0 Å². The first-order valence-corrected chi connectivity index (χ1v) is 8.43. The van der Waals surface area contributed by atoms with Crippen LogP contribution in [0.25, 0.3) is 0 Å². The summed E-state index contributed by atoms with van der Waals surface area (Å²) in [6.45, 7) is 1.83. The Labute approximate surface area is 121 Å². The smallest absolute Gasteiger partial charge is 0.240 e. The van der Waals surface area contributed by atoms with Crippen molar-refractivity contribution in [1.29, 1.82) is 0 Å². The summed E-state index contributed by atoms with van der Waals surface area (Å²) in [5.74, 6) is 0. The first kappa shape index (κ1) is 14.5. The average Bonchev–Trinajstić information content (AvgIpc) is 2.81. The van der Waals surface area contributed by atoms with Gasteiger partial charge in [-0.3, -0.25) is 0 Å². The number of nitrogens with zero attached hydrogens (tertiary/aromatic N) is 1. The highest BCUT2D eigenvalue weighted by Gasteiger charge is 2.18. The molecule has 0 aromatic carbocycles. The van der Waals surface area contributed by atoms with Crippen molar-refractivity contribution in [2.75, 3.05) is 0 Å². The average molecular weight is 317 g/mol. The fourth-order valence-corrected chi connectivity index (χ4v) is 3.86. The number of hydrogen-bond donors (Lipinski definition) is 1. The van der Waals surface area contributed by atoms with E-state index in [0.29, 0.717) is 6.42 Å². The first-order valence-electron chi connectivity index (χ1n) is 5.62. The molecule has 0 radical (unpaired) electrons. The molecular weight excluding hydrogens is 304 g/mol. The van der Waals surface area contributed by atoms with Gasteiger partial charge in [0.2, 0.25) is 10.0 Å². The predicted molar refractivity (Wildman–Crippen MR) is 77.1 cm³/mol. The summed E-state index contributed by atoms with van der Waals surface area (Å²) >= 11 is 7.30. The van der Waals surface area contributed by atoms with Crippen LogP contribution in [0.5, 0.6) is 0 Å². The number of nitrogens with one attached hydrogen (secondary N) is 1. The molecule has 7 heteroatoms. The van der Waals surface area contributed by atoms with Crippen LogP contribution in [0.4, 0.5) is 0 Å². The molecule has 0 aliphatic heterocycles. The molecule has 0 aliphatic carbocycles. The van der Waals surface area contributed by atoms with Crippen molar-refractivity contribution in [2.45, 2.75) is 24.3 Å². The number of pyridine rings is 1. The summed E-state index contributed by atoms with van der Waals surface area (Å²) in [5.41, 5.74) is 1.12. The molecule has 2 aromatic rings. The monoisotopic (exact) mass is 316 g/mol. The van der Waals surface area contributed by atoms with Gasteiger partial charge < -0.3 is 0 Å². The topological polar surface area (TPSA) is 59.1 Å². The molecule has 1 N–H and O–H groups in total. The highest BCUT2D eigenvalue weighted by molar-refractivity contribution is 7.89. The Morgan fingerprint density at radius 1 is 1.47 bits per heavy atom. The molecule has 2 heterocycles. The van der Waals surface area contributed by atoms with Gasteiger partial charge in [0.15, 0.2) is 0 Å². The molecule has 1 unspecified atom stereocenters. The lowest BCUT2D eigenvalue weighted by Crippen LogP contribution is -2.34. The van der Waals surface area contributed by atoms with E-state index in [0.717, 1.165) is 5.56 Å². The van der Waals surface area contributed by atoms with Gasteiger partial charge in [-0.1, -0.05) is 11.6 Å². The number of thiophene rings is 1. The molecule has 1 atom stereocenters. The Hall–Kier alpha value is -0.950. The summed E-state index contributed by atoms with van der Waals surface area (Å²) in [5, 5.41) is 4.14. The summed E-state index contributed by atoms with van der Waals surface area (Å²) in [6, 6.07) is 4.55. The highest BCUT2D eigenvalue weighted by Crippen LogP contribution is 2.14. The molecular formula is C12H13ClN2O2S2. The standard InChI is InChI=1S/C12H13ClN2O2S2/c1-9(6-10-3-5-18-8-10)15-19(16,17)11-2-4-14-12(13)7-11/h2-5,7-9,15H,6H2,1H3. The van der Waals surface area contributed by atoms with Gasteiger partial charge in [0.05, 0.1) is 4.90 Å². The molecule has 0 amide bonds. The van der Waals surface area contributed by atoms with E-state index in [2.05, 4.69) is 9.71 Å². The van der Waals surface area contributed by atoms with E-state index in [-0.39, 0.29) is 16.1 Å². The minimum absolute atomic E-state index is 0.129. The van der Waals surface area contributed by atoms with Crippen molar-refractivity contribution in [3.8, 4) is 0 Å². The van der Waals surface area contributed by atoms with Gasteiger partial charge in [0.1, 0.15) is 5.15 Å². The predicted octanol–water partition coefficient (Wildman–Crippen LogP) is 2.71. The second-order valence-corrected chi connectivity index (χ2v) is 7.05. The van der Waals surface area contributed by atoms with Gasteiger partial charge in [-0.05, 0) is 47.9 Å². The number of sulfonamides is 1. The molecule has 102 valence electrons. The van der Waals surface area contributed by atoms with Crippen molar-refractivity contribution >= 4 is 33.0 Å². The Bertz CT molecular complexity index is 642. The normalized spacial score (nSPS) is 13.4. The number of halogens is 1. The van der Waals surface area contributed by atoms with Crippen LogP contribution in [-0.4, -0.2) is 19.4 Å². The molecule has 0 fully saturated rings. The fourth-order valence-electron chi connectivity index (χ4n) is 1.69. The summed E-state index contributed by atoms with van der Waals surface area (Å²) in [6.07, 6.45) is 2.03. The van der Waals surface area contributed by atoms with Crippen LogP contribution >= 0.6 is 22.9 Å². The fraction of sp³-hybridized carbons (Fsp3) is 0.250. The lowest BCUT2D eigenvalue weighted by atomic mass is 10.1. The van der Waals surface area contributed by atoms with E-state index in [4.69, 9.17) is 11.6 Å². The summed E-state index contributed by atoms with van der Waals surface area (Å²) < 4.78 is 26.9. The van der Waals surface area contributed by atoms with Crippen LogP contribution in [0, 0.1) is 0 Å². The Kier molecular flexibility index (Phi) is 4.57. The minimum Gasteiger partial charge on any atom is -0.244 e. The zero-order valence-electron chi connectivity index (χ0n) is 10.2. The minimum atomic E-state index is -3.56. The molecule has 2 rings (SSSR count). The first-order chi connectivity index (χ1) is 8.97. The zero-order chi connectivity index (χ0) is 13.9. The van der Waals surface area contributed by atoms with Crippen LogP contribution in [-0.2, 0) is 16.4 Å². The maximum absolute atomic E-state index is 12.1. The van der Waals surface area contributed by atoms with E-state index in [1.54, 1.807) is 11.3 Å². The van der Waals surface area contributed by atoms with Gasteiger partial charge in [0.25, 0.3) is 0 Å². The van der Waals surface area contributed by atoms with E-state index >= 15 is 0 Å². The molecule has 0 bridgehead atoms. The van der Waals surface area contributed by atoms with Crippen molar-refractivity contribution in [3.05, 3.63) is 45.9 Å². The van der Waals surface area contributed by atoms with Crippen LogP contribution < -0.4 is 4.72 Å². The maximum atomic E-state index is 12.1. The molecule has 0 saturated heterocycles. The largest absolute Gasteiger partial charge is 0.244 e. The van der Waals surface area contributed by atoms with E-state index in [1.165, 1.54) is 18.3 Å². The Balaban J connectivity index is 2.09. The Morgan fingerprint density at radius 2 is 2.26 bits per heavy atom. The maximum Gasteiger partial charge on any atom is 0.240 e. The van der Waals surface area contributed by atoms with E-state index in [9.17, 15) is 8.42 Å². The third-order valence-corrected chi connectivity index (χ3v) is 5.01. The van der Waals surface area contributed by atoms with Crippen molar-refractivity contribution in [1.82, 2.24) is 9.71 Å².